The summed E-state index contributed by atoms with van der Waals surface area (Å²) in [5.41, 5.74) is 1.34. The van der Waals surface area contributed by atoms with Gasteiger partial charge in [-0.1, -0.05) is 30.3 Å². The maximum Gasteiger partial charge on any atom is 0.450 e. The number of carboxylic acids is 2. The Morgan fingerprint density at radius 3 is 1.92 bits per heavy atom. The van der Waals surface area contributed by atoms with Crippen LogP contribution in [0.5, 0.6) is 0 Å². The summed E-state index contributed by atoms with van der Waals surface area (Å²) in [4.78, 5) is 55.9. The van der Waals surface area contributed by atoms with Crippen molar-refractivity contribution in [1.82, 2.24) is 10.6 Å². The van der Waals surface area contributed by atoms with Crippen LogP contribution in [0.2, 0.25) is 0 Å². The number of likely N-dealkylation sites (N-methyl/N-ethyl adjacent to an activating group) is 1. The number of ketones is 1. The molecule has 21 heteroatoms. The molecule has 0 aliphatic carbocycles. The van der Waals surface area contributed by atoms with E-state index in [1.165, 1.54) is 10.5 Å². The molecule has 4 N–H and O–H groups in total. The molecule has 1 aliphatic heterocycles. The number of likely N-dealkylation sites (tertiary alicyclic amines) is 1. The summed E-state index contributed by atoms with van der Waals surface area (Å²) in [5.74, 6) is -8.16. The lowest BCUT2D eigenvalue weighted by Gasteiger charge is -2.20. The number of hydrogen-bond acceptors (Lipinski definition) is 8. The van der Waals surface area contributed by atoms with Gasteiger partial charge in [0.25, 0.3) is 5.91 Å². The molecule has 0 radical (unpaired) electrons. The van der Waals surface area contributed by atoms with Crippen molar-refractivity contribution in [1.29, 1.82) is 0 Å². The number of carboxylic acid groups (broad SMARTS) is 2. The molecule has 1 aliphatic rings. The second kappa shape index (κ2) is 21.5. The lowest BCUT2D eigenvalue weighted by Crippen LogP contribution is -3.11. The smallest absolute Gasteiger partial charge is 0.450 e. The van der Waals surface area contributed by atoms with Gasteiger partial charge in [0.05, 0.1) is 46.0 Å². The molecule has 1 fully saturated rings. The molecule has 2 rings (SSSR count). The molecule has 3 atom stereocenters. The summed E-state index contributed by atoms with van der Waals surface area (Å²) in [7, 11) is 3.65. The Morgan fingerprint density at radius 2 is 1.45 bits per heavy atom. The Kier molecular flexibility index (Phi) is 19.9. The van der Waals surface area contributed by atoms with Crippen molar-refractivity contribution in [3.63, 3.8) is 0 Å². The monoisotopic (exact) mass is 744 g/mol. The number of carbonyl (C=O) groups is 5. The molecule has 1 heterocycles. The first-order valence-electron chi connectivity index (χ1n) is 14.4. The number of aliphatic carboxylic acids is 2. The van der Waals surface area contributed by atoms with Crippen LogP contribution in [0.3, 0.4) is 0 Å². The number of amides is 2. The van der Waals surface area contributed by atoms with Crippen molar-refractivity contribution < 1.29 is 83.5 Å². The number of benzene rings is 1. The first-order valence-corrected chi connectivity index (χ1v) is 15.6. The van der Waals surface area contributed by atoms with Crippen molar-refractivity contribution in [2.45, 2.75) is 49.8 Å². The number of Topliss-reactive ketones (excluding diaryl/α,β-unsaturated/α-hetero) is 1. The van der Waals surface area contributed by atoms with Gasteiger partial charge in [0.1, 0.15) is 18.0 Å². The number of halogens is 9. The Morgan fingerprint density at radius 1 is 0.918 bits per heavy atom. The maximum atomic E-state index is 12.8. The quantitative estimate of drug-likeness (QED) is 0.126. The van der Waals surface area contributed by atoms with Crippen LogP contribution in [0.25, 0.3) is 0 Å². The van der Waals surface area contributed by atoms with Crippen molar-refractivity contribution >= 4 is 41.3 Å². The Balaban J connectivity index is 0.00000137. The Hall–Kier alpha value is -3.59. The molecule has 11 nitrogen and oxygen atoms in total. The minimum absolute atomic E-state index is 0.206. The average Bonchev–Trinajstić information content (AvgIpc) is 3.44. The van der Waals surface area contributed by atoms with Crippen molar-refractivity contribution in [2.75, 3.05) is 58.3 Å². The summed E-state index contributed by atoms with van der Waals surface area (Å²) in [6.07, 6.45) is -13.4. The van der Waals surface area contributed by atoms with Gasteiger partial charge in [-0.25, -0.2) is 0 Å². The van der Waals surface area contributed by atoms with E-state index in [1.807, 2.05) is 32.3 Å². The second-order valence-electron chi connectivity index (χ2n) is 10.8. The fraction of sp³-hybridized carbons (Fsp3) is 0.607. The summed E-state index contributed by atoms with van der Waals surface area (Å²) in [5, 5.41) is 23.2. The lowest BCUT2D eigenvalue weighted by atomic mass is 9.99. The third-order valence-corrected chi connectivity index (χ3v) is 7.43. The zero-order valence-corrected chi connectivity index (χ0v) is 27.1. The minimum Gasteiger partial charge on any atom is -0.542 e. The molecule has 1 aromatic rings. The molecule has 280 valence electrons. The molecule has 2 unspecified atom stereocenters. The predicted octanol–water partition coefficient (Wildman–Crippen LogP) is -1.95. The zero-order chi connectivity index (χ0) is 38.0. The normalized spacial score (nSPS) is 16.7. The van der Waals surface area contributed by atoms with E-state index >= 15 is 0 Å². The largest absolute Gasteiger partial charge is 0.542 e. The van der Waals surface area contributed by atoms with Gasteiger partial charge < -0.3 is 40.2 Å². The fourth-order valence-corrected chi connectivity index (χ4v) is 4.99. The number of rotatable bonds is 14. The number of nitrogens with one attached hydrogen (secondary N) is 4. The molecule has 0 spiro atoms. The summed E-state index contributed by atoms with van der Waals surface area (Å²) >= 11 is 0.883. The van der Waals surface area contributed by atoms with E-state index in [0.29, 0.717) is 31.1 Å². The number of thioether (sulfide) groups is 1. The van der Waals surface area contributed by atoms with Gasteiger partial charge in [-0.15, -0.1) is 0 Å². The standard InChI is InChI=1S/C24H35F3N4O3S.2C2HF3O2/c1-30(2)16-22(33)29-20(9-6-14-35-17-21(32)24(25,26)27)23(34)28-11-13-31-12-10-19(15-31)18-7-4-3-5-8-18;2*3-2(4,5)1(6)7/h3-5,7-8,19-20H,6,9-17H2,1-2H3,(H,28,34)(H,29,33);2*(H,6,7)/t19?,20-;;/m0../s1. The van der Waals surface area contributed by atoms with Gasteiger partial charge in [-0.2, -0.15) is 51.3 Å². The average molecular weight is 745 g/mol. The molecule has 0 aromatic heterocycles. The van der Waals surface area contributed by atoms with Crippen LogP contribution in [0.4, 0.5) is 39.5 Å². The van der Waals surface area contributed by atoms with Gasteiger partial charge in [0.2, 0.25) is 11.7 Å². The molecule has 0 bridgehead atoms. The number of carbonyl (C=O) groups excluding carboxylic acids is 5. The van der Waals surface area contributed by atoms with Crippen LogP contribution in [0, 0.1) is 0 Å². The van der Waals surface area contributed by atoms with Crippen LogP contribution in [0.15, 0.2) is 30.3 Å². The predicted molar refractivity (Wildman–Crippen MR) is 152 cm³/mol. The van der Waals surface area contributed by atoms with Crippen LogP contribution in [-0.2, 0) is 24.0 Å². The maximum absolute atomic E-state index is 12.8. The first-order chi connectivity index (χ1) is 22.4. The molecule has 49 heavy (non-hydrogen) atoms. The van der Waals surface area contributed by atoms with Crippen molar-refractivity contribution in [3.8, 4) is 0 Å². The van der Waals surface area contributed by atoms with E-state index < -0.39 is 48.0 Å². The second-order valence-corrected chi connectivity index (χ2v) is 11.9. The Labute approximate surface area is 279 Å². The molecular weight excluding hydrogens is 707 g/mol. The van der Waals surface area contributed by atoms with Crippen LogP contribution >= 0.6 is 11.8 Å². The molecule has 1 aromatic carbocycles. The van der Waals surface area contributed by atoms with E-state index in [9.17, 15) is 53.9 Å². The highest BCUT2D eigenvalue weighted by atomic mass is 32.2. The molecular formula is C28H37F9N4O7S. The van der Waals surface area contributed by atoms with Gasteiger partial charge in [0, 0.05) is 12.3 Å². The Bertz CT molecular complexity index is 1180. The topological polar surface area (TPSA) is 164 Å². The molecule has 1 saturated heterocycles. The van der Waals surface area contributed by atoms with Crippen molar-refractivity contribution in [3.05, 3.63) is 35.9 Å². The van der Waals surface area contributed by atoms with Gasteiger partial charge in [0.15, 0.2) is 6.54 Å². The fourth-order valence-electron chi connectivity index (χ4n) is 4.12. The van der Waals surface area contributed by atoms with E-state index in [1.54, 1.807) is 0 Å². The highest BCUT2D eigenvalue weighted by molar-refractivity contribution is 7.99. The molecule has 0 saturated carbocycles. The number of alkyl halides is 9. The van der Waals surface area contributed by atoms with Gasteiger partial charge in [-0.3, -0.25) is 14.4 Å². The van der Waals surface area contributed by atoms with Crippen LogP contribution < -0.4 is 30.6 Å². The third kappa shape index (κ3) is 21.2. The van der Waals surface area contributed by atoms with E-state index in [2.05, 4.69) is 22.8 Å². The highest BCUT2D eigenvalue weighted by Crippen LogP contribution is 2.20. The third-order valence-electron chi connectivity index (χ3n) is 6.39. The number of quaternary nitrogens is 2. The van der Waals surface area contributed by atoms with Crippen LogP contribution in [-0.4, -0.2) is 112 Å². The van der Waals surface area contributed by atoms with E-state index in [0.717, 1.165) is 42.7 Å². The highest BCUT2D eigenvalue weighted by Gasteiger charge is 2.37. The first kappa shape index (κ1) is 45.4. The van der Waals surface area contributed by atoms with Gasteiger partial charge >= 0.3 is 18.5 Å². The lowest BCUT2D eigenvalue weighted by molar-refractivity contribution is -0.886. The minimum atomic E-state index is -5.19. The summed E-state index contributed by atoms with van der Waals surface area (Å²) < 4.78 is 100. The SMILES string of the molecule is C[NH+](C)CC(=O)N[C@@H](CCCSCC(=O)C(F)(F)F)C(=O)NCC[NH+]1CCC(c2ccccc2)C1.O=C([O-])C(F)(F)F.O=C([O-])C(F)(F)F. The van der Waals surface area contributed by atoms with E-state index in [-0.39, 0.29) is 18.4 Å². The molecule has 2 amide bonds. The zero-order valence-electron chi connectivity index (χ0n) is 26.3. The van der Waals surface area contributed by atoms with Crippen LogP contribution in [0.1, 0.15) is 30.7 Å². The van der Waals surface area contributed by atoms with Gasteiger partial charge in [-0.05, 0) is 24.2 Å². The van der Waals surface area contributed by atoms with Crippen molar-refractivity contribution in [2.24, 2.45) is 0 Å². The number of hydrogen-bond donors (Lipinski definition) is 4. The summed E-state index contributed by atoms with van der Waals surface area (Å²) in [6, 6.07) is 9.64. The summed E-state index contributed by atoms with van der Waals surface area (Å²) in [6.45, 7) is 3.52. The van der Waals surface area contributed by atoms with E-state index in [4.69, 9.17) is 19.8 Å².